The summed E-state index contributed by atoms with van der Waals surface area (Å²) >= 11 is 5.81. The Morgan fingerprint density at radius 3 is 2.90 bits per heavy atom. The van der Waals surface area contributed by atoms with Crippen LogP contribution in [0.15, 0.2) is 36.5 Å². The van der Waals surface area contributed by atoms with Gasteiger partial charge in [0.1, 0.15) is 5.82 Å². The highest BCUT2D eigenvalue weighted by atomic mass is 35.5. The second-order valence-corrected chi connectivity index (χ2v) is 8.03. The lowest BCUT2D eigenvalue weighted by Crippen LogP contribution is -2.43. The quantitative estimate of drug-likeness (QED) is 0.556. The van der Waals surface area contributed by atoms with Gasteiger partial charge in [0, 0.05) is 32.3 Å². The fourth-order valence-electron chi connectivity index (χ4n) is 3.88. The van der Waals surface area contributed by atoms with Crippen molar-refractivity contribution in [2.75, 3.05) is 24.5 Å². The average Bonchev–Trinajstić information content (AvgIpc) is 3.20. The highest BCUT2D eigenvalue weighted by Gasteiger charge is 2.26. The third-order valence-electron chi connectivity index (χ3n) is 5.49. The van der Waals surface area contributed by atoms with Crippen LogP contribution >= 0.6 is 11.6 Å². The molecule has 0 bridgehead atoms. The Balaban J connectivity index is 1.16. The molecule has 0 spiro atoms. The van der Waals surface area contributed by atoms with Gasteiger partial charge in [-0.15, -0.1) is 20.4 Å². The molecule has 0 radical (unpaired) electrons. The number of pyridine rings is 1. The number of unbranched alkanes of at least 4 members (excludes halogenated alkanes) is 2. The average molecular weight is 428 g/mol. The summed E-state index contributed by atoms with van der Waals surface area (Å²) in [6, 6.07) is 9.49. The summed E-state index contributed by atoms with van der Waals surface area (Å²) in [6.45, 7) is 2.26. The summed E-state index contributed by atoms with van der Waals surface area (Å²) in [5.41, 5.74) is 0.880. The number of nitrogens with zero attached hydrogens (tertiary/aromatic N) is 6. The number of aryl methyl sites for hydroxylation is 1. The van der Waals surface area contributed by atoms with Gasteiger partial charge in [-0.25, -0.2) is 0 Å². The van der Waals surface area contributed by atoms with Crippen LogP contribution in [0, 0.1) is 5.92 Å². The molecule has 0 unspecified atom stereocenters. The molecule has 1 atom stereocenters. The molecule has 4 rings (SSSR count). The number of aromatic nitrogens is 5. The molecule has 1 aliphatic heterocycles. The van der Waals surface area contributed by atoms with Crippen LogP contribution in [-0.2, 0) is 11.2 Å². The molecule has 30 heavy (non-hydrogen) atoms. The predicted molar refractivity (Wildman–Crippen MR) is 116 cm³/mol. The SMILES string of the molecule is O=C(NCCCCCc1nnc2ccccn12)[C@H]1CCCN(c2ccc(Cl)nn2)C1. The van der Waals surface area contributed by atoms with Gasteiger partial charge in [0.25, 0.3) is 0 Å². The highest BCUT2D eigenvalue weighted by molar-refractivity contribution is 6.29. The van der Waals surface area contributed by atoms with Crippen molar-refractivity contribution in [3.8, 4) is 0 Å². The van der Waals surface area contributed by atoms with E-state index in [1.54, 1.807) is 6.07 Å². The lowest BCUT2D eigenvalue weighted by molar-refractivity contribution is -0.125. The normalized spacial score (nSPS) is 16.7. The number of hydrogen-bond acceptors (Lipinski definition) is 6. The number of fused-ring (bicyclic) bond motifs is 1. The van der Waals surface area contributed by atoms with E-state index in [1.165, 1.54) is 0 Å². The Kier molecular flexibility index (Phi) is 6.74. The summed E-state index contributed by atoms with van der Waals surface area (Å²) in [7, 11) is 0. The van der Waals surface area contributed by atoms with E-state index in [1.807, 2.05) is 34.9 Å². The molecule has 158 valence electrons. The van der Waals surface area contributed by atoms with Crippen LogP contribution in [0.3, 0.4) is 0 Å². The van der Waals surface area contributed by atoms with Crippen LogP contribution in [0.1, 0.15) is 37.9 Å². The van der Waals surface area contributed by atoms with Gasteiger partial charge in [-0.1, -0.05) is 24.1 Å². The Morgan fingerprint density at radius 1 is 1.10 bits per heavy atom. The maximum absolute atomic E-state index is 12.6. The molecule has 1 fully saturated rings. The summed E-state index contributed by atoms with van der Waals surface area (Å²) in [5, 5.41) is 20.0. The van der Waals surface area contributed by atoms with Crippen molar-refractivity contribution in [3.05, 3.63) is 47.5 Å². The van der Waals surface area contributed by atoms with Gasteiger partial charge in [0.2, 0.25) is 5.91 Å². The molecule has 4 heterocycles. The molecular formula is C21H26ClN7O. The monoisotopic (exact) mass is 427 g/mol. The summed E-state index contributed by atoms with van der Waals surface area (Å²) in [6.07, 6.45) is 7.78. The standard InChI is InChI=1S/C21H26ClN7O/c22-17-10-11-18(25-24-17)28-13-6-7-16(15-28)21(30)23-12-4-1-2-8-19-26-27-20-9-3-5-14-29(19)20/h3,5,9-11,14,16H,1-2,4,6-8,12-13,15H2,(H,23,30)/t16-/m0/s1. The van der Waals surface area contributed by atoms with Crippen LogP contribution in [-0.4, -0.2) is 50.3 Å². The first kappa shape index (κ1) is 20.5. The van der Waals surface area contributed by atoms with E-state index in [-0.39, 0.29) is 11.8 Å². The number of carbonyl (C=O) groups is 1. The molecule has 9 heteroatoms. The number of amides is 1. The van der Waals surface area contributed by atoms with Crippen molar-refractivity contribution in [1.29, 1.82) is 0 Å². The van der Waals surface area contributed by atoms with Crippen molar-refractivity contribution in [3.63, 3.8) is 0 Å². The molecule has 0 saturated carbocycles. The van der Waals surface area contributed by atoms with Gasteiger partial charge in [-0.3, -0.25) is 9.20 Å². The van der Waals surface area contributed by atoms with Crippen molar-refractivity contribution in [2.45, 2.75) is 38.5 Å². The minimum absolute atomic E-state index is 0.0152. The minimum Gasteiger partial charge on any atom is -0.356 e. The zero-order valence-corrected chi connectivity index (χ0v) is 17.6. The molecule has 1 amide bonds. The summed E-state index contributed by atoms with van der Waals surface area (Å²) < 4.78 is 2.03. The molecule has 3 aromatic heterocycles. The fourth-order valence-corrected chi connectivity index (χ4v) is 3.98. The van der Waals surface area contributed by atoms with Crippen LogP contribution in [0.2, 0.25) is 5.15 Å². The fraction of sp³-hybridized carbons (Fsp3) is 0.476. The minimum atomic E-state index is -0.0152. The Hall–Kier alpha value is -2.74. The van der Waals surface area contributed by atoms with Crippen molar-refractivity contribution < 1.29 is 4.79 Å². The number of anilines is 1. The molecular weight excluding hydrogens is 402 g/mol. The second kappa shape index (κ2) is 9.84. The zero-order valence-electron chi connectivity index (χ0n) is 16.9. The number of nitrogens with one attached hydrogen (secondary N) is 1. The summed E-state index contributed by atoms with van der Waals surface area (Å²) in [5.74, 6) is 1.88. The van der Waals surface area contributed by atoms with Crippen LogP contribution in [0.25, 0.3) is 5.65 Å². The van der Waals surface area contributed by atoms with Crippen molar-refractivity contribution in [2.24, 2.45) is 5.92 Å². The largest absolute Gasteiger partial charge is 0.356 e. The first-order chi connectivity index (χ1) is 14.7. The second-order valence-electron chi connectivity index (χ2n) is 7.65. The van der Waals surface area contributed by atoms with Gasteiger partial charge >= 0.3 is 0 Å². The Labute approximate surface area is 180 Å². The third-order valence-corrected chi connectivity index (χ3v) is 5.70. The van der Waals surface area contributed by atoms with E-state index in [0.29, 0.717) is 18.2 Å². The zero-order chi connectivity index (χ0) is 20.8. The topological polar surface area (TPSA) is 88.3 Å². The highest BCUT2D eigenvalue weighted by Crippen LogP contribution is 2.22. The van der Waals surface area contributed by atoms with E-state index >= 15 is 0 Å². The smallest absolute Gasteiger partial charge is 0.224 e. The Bertz CT molecular complexity index is 975. The number of hydrogen-bond donors (Lipinski definition) is 1. The van der Waals surface area contributed by atoms with Crippen LogP contribution in [0.4, 0.5) is 5.82 Å². The first-order valence-electron chi connectivity index (χ1n) is 10.5. The maximum atomic E-state index is 12.6. The lowest BCUT2D eigenvalue weighted by Gasteiger charge is -2.32. The van der Waals surface area contributed by atoms with Gasteiger partial charge in [-0.2, -0.15) is 0 Å². The number of rotatable bonds is 8. The van der Waals surface area contributed by atoms with Crippen molar-refractivity contribution >= 4 is 29.0 Å². The number of carbonyl (C=O) groups excluding carboxylic acids is 1. The van der Waals surface area contributed by atoms with Gasteiger partial charge < -0.3 is 10.2 Å². The van der Waals surface area contributed by atoms with E-state index in [0.717, 1.165) is 62.4 Å². The van der Waals surface area contributed by atoms with E-state index in [4.69, 9.17) is 11.6 Å². The third kappa shape index (κ3) is 5.05. The molecule has 0 aromatic carbocycles. The summed E-state index contributed by atoms with van der Waals surface area (Å²) in [4.78, 5) is 14.7. The van der Waals surface area contributed by atoms with Crippen LogP contribution in [0.5, 0.6) is 0 Å². The first-order valence-corrected chi connectivity index (χ1v) is 10.9. The van der Waals surface area contributed by atoms with Crippen LogP contribution < -0.4 is 10.2 Å². The van der Waals surface area contributed by atoms with Gasteiger partial charge in [0.05, 0.1) is 5.92 Å². The molecule has 1 saturated heterocycles. The predicted octanol–water partition coefficient (Wildman–Crippen LogP) is 2.92. The Morgan fingerprint density at radius 2 is 2.03 bits per heavy atom. The number of halogens is 1. The maximum Gasteiger partial charge on any atom is 0.224 e. The lowest BCUT2D eigenvalue weighted by atomic mass is 9.97. The van der Waals surface area contributed by atoms with Gasteiger partial charge in [0.15, 0.2) is 16.6 Å². The van der Waals surface area contributed by atoms with E-state index in [9.17, 15) is 4.79 Å². The van der Waals surface area contributed by atoms with Gasteiger partial charge in [-0.05, 0) is 49.9 Å². The van der Waals surface area contributed by atoms with E-state index in [2.05, 4.69) is 30.6 Å². The van der Waals surface area contributed by atoms with Crippen molar-refractivity contribution in [1.82, 2.24) is 30.1 Å². The molecule has 3 aromatic rings. The molecule has 1 aliphatic rings. The molecule has 8 nitrogen and oxygen atoms in total. The molecule has 1 N–H and O–H groups in total. The molecule has 0 aliphatic carbocycles. The number of piperidine rings is 1. The van der Waals surface area contributed by atoms with E-state index < -0.39 is 0 Å².